The quantitative estimate of drug-likeness (QED) is 0.340. The molecule has 2 heterocycles. The van der Waals surface area contributed by atoms with Gasteiger partial charge in [0.1, 0.15) is 5.39 Å². The summed E-state index contributed by atoms with van der Waals surface area (Å²) in [6.07, 6.45) is 1.49. The molecule has 9 heteroatoms. The summed E-state index contributed by atoms with van der Waals surface area (Å²) in [4.78, 5) is 32.3. The van der Waals surface area contributed by atoms with E-state index in [9.17, 15) is 9.59 Å². The summed E-state index contributed by atoms with van der Waals surface area (Å²) >= 11 is 4.56. The van der Waals surface area contributed by atoms with Crippen molar-refractivity contribution in [3.05, 3.63) is 75.6 Å². The largest absolute Gasteiger partial charge is 0.325 e. The van der Waals surface area contributed by atoms with Crippen molar-refractivity contribution >= 4 is 50.3 Å². The minimum absolute atomic E-state index is 0.188. The summed E-state index contributed by atoms with van der Waals surface area (Å²) in [7, 11) is 0. The topological polar surface area (TPSA) is 92.7 Å². The molecule has 0 saturated carbocycles. The number of rotatable bonds is 5. The Hall–Kier alpha value is -2.91. The zero-order valence-electron chi connectivity index (χ0n) is 15.3. The molecule has 2 aromatic carbocycles. The van der Waals surface area contributed by atoms with Crippen LogP contribution in [0.4, 0.5) is 5.69 Å². The van der Waals surface area contributed by atoms with Gasteiger partial charge in [0.2, 0.25) is 5.91 Å². The van der Waals surface area contributed by atoms with E-state index in [-0.39, 0.29) is 11.5 Å². The van der Waals surface area contributed by atoms with E-state index in [1.165, 1.54) is 18.0 Å². The number of aromatic amines is 1. The summed E-state index contributed by atoms with van der Waals surface area (Å²) < 4.78 is 2.49. The molecule has 0 saturated heterocycles. The first kappa shape index (κ1) is 19.4. The molecular weight excluding hydrogens is 454 g/mol. The number of hydrogen-bond donors (Lipinski definition) is 2. The van der Waals surface area contributed by atoms with E-state index in [1.54, 1.807) is 11.6 Å². The van der Waals surface area contributed by atoms with E-state index in [0.29, 0.717) is 21.9 Å². The fourth-order valence-electron chi connectivity index (χ4n) is 2.74. The molecule has 146 valence electrons. The van der Waals surface area contributed by atoms with Gasteiger partial charge in [0.25, 0.3) is 5.56 Å². The Labute approximate surface area is 178 Å². The second-order valence-corrected chi connectivity index (χ2v) is 8.51. The van der Waals surface area contributed by atoms with Crippen LogP contribution in [0.1, 0.15) is 6.92 Å². The maximum atomic E-state index is 12.5. The van der Waals surface area contributed by atoms with Gasteiger partial charge in [-0.15, -0.1) is 0 Å². The highest BCUT2D eigenvalue weighted by Crippen LogP contribution is 2.23. The van der Waals surface area contributed by atoms with Crippen LogP contribution in [0, 0.1) is 0 Å². The normalized spacial score (nSPS) is 12.1. The number of nitrogens with one attached hydrogen (secondary N) is 2. The number of hydrogen-bond acceptors (Lipinski definition) is 5. The first-order valence-electron chi connectivity index (χ1n) is 8.78. The van der Waals surface area contributed by atoms with E-state index in [1.807, 2.05) is 54.6 Å². The van der Waals surface area contributed by atoms with E-state index in [4.69, 9.17) is 0 Å². The van der Waals surface area contributed by atoms with Crippen molar-refractivity contribution in [3.8, 4) is 5.69 Å². The smallest absolute Gasteiger partial charge is 0.262 e. The number of aromatic nitrogens is 4. The number of H-pyrrole nitrogens is 1. The molecule has 0 aliphatic carbocycles. The Morgan fingerprint density at radius 3 is 2.76 bits per heavy atom. The molecule has 2 N–H and O–H groups in total. The van der Waals surface area contributed by atoms with Crippen molar-refractivity contribution in [1.82, 2.24) is 19.7 Å². The summed E-state index contributed by atoms with van der Waals surface area (Å²) in [5, 5.41) is 7.43. The molecule has 0 aliphatic heterocycles. The lowest BCUT2D eigenvalue weighted by molar-refractivity contribution is -0.115. The molecule has 1 amide bonds. The number of thioether (sulfide) groups is 1. The fourth-order valence-corrected chi connectivity index (χ4v) is 3.93. The summed E-state index contributed by atoms with van der Waals surface area (Å²) in [5.74, 6) is -0.188. The molecule has 4 rings (SSSR count). The number of nitrogens with zero attached hydrogens (tertiary/aromatic N) is 3. The number of amides is 1. The van der Waals surface area contributed by atoms with Gasteiger partial charge in [-0.05, 0) is 37.3 Å². The Bertz CT molecular complexity index is 1240. The summed E-state index contributed by atoms with van der Waals surface area (Å²) in [6.45, 7) is 1.76. The van der Waals surface area contributed by atoms with Gasteiger partial charge in [0.15, 0.2) is 10.8 Å². The molecule has 7 nitrogen and oxygen atoms in total. The Morgan fingerprint density at radius 1 is 1.21 bits per heavy atom. The van der Waals surface area contributed by atoms with E-state index in [0.717, 1.165) is 10.2 Å². The van der Waals surface area contributed by atoms with Gasteiger partial charge in [-0.25, -0.2) is 9.67 Å². The van der Waals surface area contributed by atoms with Crippen molar-refractivity contribution in [2.75, 3.05) is 5.32 Å². The monoisotopic (exact) mass is 469 g/mol. The summed E-state index contributed by atoms with van der Waals surface area (Å²) in [5.41, 5.74) is 1.65. The fraction of sp³-hybridized carbons (Fsp3) is 0.100. The maximum Gasteiger partial charge on any atom is 0.262 e. The standard InChI is InChI=1S/C20H16BrN5O2S/c1-12(18(27)23-14-7-5-6-13(21)10-14)29-20-24-17-16(19(28)25-20)11-22-26(17)15-8-3-2-4-9-15/h2-12H,1H3,(H,23,27)(H,24,25,28). The third-order valence-corrected chi connectivity index (χ3v) is 5.64. The van der Waals surface area contributed by atoms with Crippen molar-refractivity contribution in [3.63, 3.8) is 0 Å². The van der Waals surface area contributed by atoms with Crippen LogP contribution in [-0.4, -0.2) is 30.9 Å². The molecular formula is C20H16BrN5O2S. The van der Waals surface area contributed by atoms with Gasteiger partial charge in [0.05, 0.1) is 17.1 Å². The highest BCUT2D eigenvalue weighted by Gasteiger charge is 2.18. The lowest BCUT2D eigenvalue weighted by Crippen LogP contribution is -2.23. The van der Waals surface area contributed by atoms with Crippen molar-refractivity contribution < 1.29 is 4.79 Å². The highest BCUT2D eigenvalue weighted by molar-refractivity contribution is 9.10. The van der Waals surface area contributed by atoms with Crippen molar-refractivity contribution in [2.24, 2.45) is 0 Å². The zero-order chi connectivity index (χ0) is 20.4. The molecule has 0 fully saturated rings. The average Bonchev–Trinajstić information content (AvgIpc) is 3.13. The third-order valence-electron chi connectivity index (χ3n) is 4.17. The number of anilines is 1. The molecule has 0 aliphatic rings. The van der Waals surface area contributed by atoms with Crippen LogP contribution in [0.3, 0.4) is 0 Å². The third kappa shape index (κ3) is 4.25. The van der Waals surface area contributed by atoms with Gasteiger partial charge >= 0.3 is 0 Å². The number of para-hydroxylation sites is 1. The zero-order valence-corrected chi connectivity index (χ0v) is 17.7. The second kappa shape index (κ2) is 8.22. The number of halogens is 1. The van der Waals surface area contributed by atoms with Gasteiger partial charge in [-0.3, -0.25) is 9.59 Å². The van der Waals surface area contributed by atoms with E-state index in [2.05, 4.69) is 36.3 Å². The Balaban J connectivity index is 1.59. The van der Waals surface area contributed by atoms with Crippen LogP contribution in [0.25, 0.3) is 16.7 Å². The van der Waals surface area contributed by atoms with Crippen LogP contribution in [0.5, 0.6) is 0 Å². The van der Waals surface area contributed by atoms with E-state index < -0.39 is 5.25 Å². The minimum Gasteiger partial charge on any atom is -0.325 e. The van der Waals surface area contributed by atoms with Gasteiger partial charge < -0.3 is 10.3 Å². The number of carbonyl (C=O) groups excluding carboxylic acids is 1. The van der Waals surface area contributed by atoms with Crippen LogP contribution in [0.15, 0.2) is 75.2 Å². The molecule has 4 aromatic rings. The Kier molecular flexibility index (Phi) is 5.50. The summed E-state index contributed by atoms with van der Waals surface area (Å²) in [6, 6.07) is 16.8. The van der Waals surface area contributed by atoms with Crippen molar-refractivity contribution in [1.29, 1.82) is 0 Å². The van der Waals surface area contributed by atoms with Crippen LogP contribution in [-0.2, 0) is 4.79 Å². The molecule has 1 atom stereocenters. The predicted octanol–water partition coefficient (Wildman–Crippen LogP) is 3.99. The van der Waals surface area contributed by atoms with Gasteiger partial charge in [-0.2, -0.15) is 5.10 Å². The number of benzene rings is 2. The van der Waals surface area contributed by atoms with E-state index >= 15 is 0 Å². The lowest BCUT2D eigenvalue weighted by atomic mass is 10.3. The van der Waals surface area contributed by atoms with Crippen LogP contribution >= 0.6 is 27.7 Å². The lowest BCUT2D eigenvalue weighted by Gasteiger charge is -2.12. The van der Waals surface area contributed by atoms with Crippen molar-refractivity contribution in [2.45, 2.75) is 17.3 Å². The highest BCUT2D eigenvalue weighted by atomic mass is 79.9. The minimum atomic E-state index is -0.470. The Morgan fingerprint density at radius 2 is 2.00 bits per heavy atom. The first-order chi connectivity index (χ1) is 14.0. The molecule has 2 aromatic heterocycles. The van der Waals surface area contributed by atoms with Crippen LogP contribution in [0.2, 0.25) is 0 Å². The van der Waals surface area contributed by atoms with Gasteiger partial charge in [-0.1, -0.05) is 52.0 Å². The van der Waals surface area contributed by atoms with Crippen LogP contribution < -0.4 is 10.9 Å². The molecule has 0 spiro atoms. The molecule has 0 bridgehead atoms. The number of carbonyl (C=O) groups is 1. The average molecular weight is 470 g/mol. The maximum absolute atomic E-state index is 12.5. The molecule has 1 unspecified atom stereocenters. The second-order valence-electron chi connectivity index (χ2n) is 6.26. The predicted molar refractivity (Wildman–Crippen MR) is 118 cm³/mol. The number of fused-ring (bicyclic) bond motifs is 1. The van der Waals surface area contributed by atoms with Gasteiger partial charge in [0, 0.05) is 10.2 Å². The molecule has 29 heavy (non-hydrogen) atoms. The SMILES string of the molecule is CC(Sc1nc2c(cnn2-c2ccccc2)c(=O)[nH]1)C(=O)Nc1cccc(Br)c1. The molecule has 0 radical (unpaired) electrons. The first-order valence-corrected chi connectivity index (χ1v) is 10.4.